The van der Waals surface area contributed by atoms with Gasteiger partial charge in [-0.3, -0.25) is 9.36 Å². The average Bonchev–Trinajstić information content (AvgIpc) is 3.15. The van der Waals surface area contributed by atoms with E-state index >= 15 is 0 Å². The van der Waals surface area contributed by atoms with Gasteiger partial charge < -0.3 is 5.32 Å². The standard InChI is InChI=1S/C23H22N4OS/c1-15-8-11-21(16(2)12-15)27-14-24-26-23(27)29-17(3)22(28)25-20-10-9-18-6-4-5-7-19(18)13-20/h4-14,17H,1-3H3,(H,25,28). The van der Waals surface area contributed by atoms with Crippen molar-refractivity contribution in [1.82, 2.24) is 14.8 Å². The summed E-state index contributed by atoms with van der Waals surface area (Å²) in [5, 5.41) is 13.9. The fraction of sp³-hybridized carbons (Fsp3) is 0.174. The van der Waals surface area contributed by atoms with E-state index in [9.17, 15) is 4.79 Å². The summed E-state index contributed by atoms with van der Waals surface area (Å²) in [6.45, 7) is 6.01. The van der Waals surface area contributed by atoms with E-state index in [1.807, 2.05) is 47.9 Å². The molecule has 0 spiro atoms. The van der Waals surface area contributed by atoms with Gasteiger partial charge in [-0.15, -0.1) is 10.2 Å². The summed E-state index contributed by atoms with van der Waals surface area (Å²) >= 11 is 1.39. The maximum atomic E-state index is 12.7. The number of hydrogen-bond donors (Lipinski definition) is 1. The molecule has 0 bridgehead atoms. The summed E-state index contributed by atoms with van der Waals surface area (Å²) < 4.78 is 1.93. The molecule has 1 aromatic heterocycles. The largest absolute Gasteiger partial charge is 0.325 e. The number of amides is 1. The third kappa shape index (κ3) is 4.17. The lowest BCUT2D eigenvalue weighted by molar-refractivity contribution is -0.115. The minimum absolute atomic E-state index is 0.0690. The van der Waals surface area contributed by atoms with Gasteiger partial charge in [0.2, 0.25) is 5.91 Å². The maximum absolute atomic E-state index is 12.7. The Morgan fingerprint density at radius 2 is 1.83 bits per heavy atom. The second-order valence-corrected chi connectivity index (χ2v) is 8.39. The zero-order valence-corrected chi connectivity index (χ0v) is 17.4. The summed E-state index contributed by atoms with van der Waals surface area (Å²) in [5.74, 6) is -0.0690. The molecule has 1 heterocycles. The van der Waals surface area contributed by atoms with Crippen LogP contribution in [-0.4, -0.2) is 25.9 Å². The van der Waals surface area contributed by atoms with Gasteiger partial charge in [0.25, 0.3) is 0 Å². The molecule has 29 heavy (non-hydrogen) atoms. The number of nitrogens with zero attached hydrogens (tertiary/aromatic N) is 3. The zero-order valence-electron chi connectivity index (χ0n) is 16.6. The summed E-state index contributed by atoms with van der Waals surface area (Å²) in [6.07, 6.45) is 1.69. The van der Waals surface area contributed by atoms with Crippen molar-refractivity contribution in [3.05, 3.63) is 78.1 Å². The Kier molecular flexibility index (Phi) is 5.36. The Labute approximate surface area is 174 Å². The smallest absolute Gasteiger partial charge is 0.237 e. The van der Waals surface area contributed by atoms with Gasteiger partial charge in [0.15, 0.2) is 5.16 Å². The van der Waals surface area contributed by atoms with Gasteiger partial charge in [-0.2, -0.15) is 0 Å². The summed E-state index contributed by atoms with van der Waals surface area (Å²) in [7, 11) is 0. The summed E-state index contributed by atoms with van der Waals surface area (Å²) in [4.78, 5) is 12.7. The van der Waals surface area contributed by atoms with Crippen LogP contribution >= 0.6 is 11.8 Å². The average molecular weight is 403 g/mol. The van der Waals surface area contributed by atoms with Gasteiger partial charge in [0.05, 0.1) is 10.9 Å². The SMILES string of the molecule is Cc1ccc(-n2cnnc2SC(C)C(=O)Nc2ccc3ccccc3c2)c(C)c1. The quantitative estimate of drug-likeness (QED) is 0.469. The first kappa shape index (κ1) is 19.2. The molecule has 1 amide bonds. The molecule has 3 aromatic carbocycles. The van der Waals surface area contributed by atoms with Crippen LogP contribution in [0.2, 0.25) is 0 Å². The van der Waals surface area contributed by atoms with Crippen molar-refractivity contribution in [2.24, 2.45) is 0 Å². The number of aromatic nitrogens is 3. The number of fused-ring (bicyclic) bond motifs is 1. The second kappa shape index (κ2) is 8.09. The van der Waals surface area contributed by atoms with Crippen LogP contribution in [-0.2, 0) is 4.79 Å². The first-order valence-electron chi connectivity index (χ1n) is 9.45. The number of carbonyl (C=O) groups is 1. The molecule has 146 valence electrons. The van der Waals surface area contributed by atoms with Gasteiger partial charge in [-0.25, -0.2) is 0 Å². The molecule has 4 rings (SSSR count). The molecule has 0 aliphatic rings. The van der Waals surface area contributed by atoms with Gasteiger partial charge >= 0.3 is 0 Å². The Bertz CT molecular complexity index is 1180. The Morgan fingerprint density at radius 1 is 1.03 bits per heavy atom. The highest BCUT2D eigenvalue weighted by atomic mass is 32.2. The fourth-order valence-corrected chi connectivity index (χ4v) is 4.10. The van der Waals surface area contributed by atoms with Crippen molar-refractivity contribution in [2.45, 2.75) is 31.2 Å². The molecule has 4 aromatic rings. The zero-order chi connectivity index (χ0) is 20.4. The minimum Gasteiger partial charge on any atom is -0.325 e. The number of benzene rings is 3. The van der Waals surface area contributed by atoms with Crippen LogP contribution in [0.1, 0.15) is 18.1 Å². The van der Waals surface area contributed by atoms with Crippen LogP contribution in [0.3, 0.4) is 0 Å². The molecule has 0 aliphatic carbocycles. The highest BCUT2D eigenvalue weighted by molar-refractivity contribution is 8.00. The number of rotatable bonds is 5. The van der Waals surface area contributed by atoms with E-state index in [1.165, 1.54) is 17.3 Å². The molecule has 1 atom stereocenters. The fourth-order valence-electron chi connectivity index (χ4n) is 3.27. The van der Waals surface area contributed by atoms with Crippen molar-refractivity contribution in [3.63, 3.8) is 0 Å². The molecule has 0 aliphatic heterocycles. The number of nitrogens with one attached hydrogen (secondary N) is 1. The molecule has 1 unspecified atom stereocenters. The van der Waals surface area contributed by atoms with E-state index in [2.05, 4.69) is 53.6 Å². The Hall–Kier alpha value is -3.12. The number of hydrogen-bond acceptors (Lipinski definition) is 4. The first-order chi connectivity index (χ1) is 14.0. The lowest BCUT2D eigenvalue weighted by Gasteiger charge is -2.14. The third-order valence-corrected chi connectivity index (χ3v) is 5.85. The molecule has 5 nitrogen and oxygen atoms in total. The normalized spacial score (nSPS) is 12.1. The van der Waals surface area contributed by atoms with Crippen LogP contribution < -0.4 is 5.32 Å². The predicted molar refractivity (Wildman–Crippen MR) is 119 cm³/mol. The van der Waals surface area contributed by atoms with Crippen molar-refractivity contribution < 1.29 is 4.79 Å². The topological polar surface area (TPSA) is 59.8 Å². The van der Waals surface area contributed by atoms with Crippen molar-refractivity contribution >= 4 is 34.1 Å². The summed E-state index contributed by atoms with van der Waals surface area (Å²) in [5.41, 5.74) is 4.15. The Balaban J connectivity index is 1.50. The highest BCUT2D eigenvalue weighted by Crippen LogP contribution is 2.27. The Morgan fingerprint density at radius 3 is 2.62 bits per heavy atom. The first-order valence-corrected chi connectivity index (χ1v) is 10.3. The van der Waals surface area contributed by atoms with Crippen molar-refractivity contribution in [3.8, 4) is 5.69 Å². The van der Waals surface area contributed by atoms with Gasteiger partial charge in [0.1, 0.15) is 6.33 Å². The van der Waals surface area contributed by atoms with E-state index in [-0.39, 0.29) is 11.2 Å². The van der Waals surface area contributed by atoms with Crippen LogP contribution in [0.15, 0.2) is 72.1 Å². The predicted octanol–water partition coefficient (Wildman–Crippen LogP) is 5.16. The van der Waals surface area contributed by atoms with Crippen LogP contribution in [0.4, 0.5) is 5.69 Å². The number of carbonyl (C=O) groups excluding carboxylic acids is 1. The van der Waals surface area contributed by atoms with Gasteiger partial charge in [-0.1, -0.05) is 59.8 Å². The number of aryl methyl sites for hydroxylation is 2. The van der Waals surface area contributed by atoms with Crippen molar-refractivity contribution in [1.29, 1.82) is 0 Å². The molecule has 0 radical (unpaired) electrons. The maximum Gasteiger partial charge on any atom is 0.237 e. The van der Waals surface area contributed by atoms with E-state index in [0.717, 1.165) is 27.7 Å². The monoisotopic (exact) mass is 402 g/mol. The highest BCUT2D eigenvalue weighted by Gasteiger charge is 2.19. The molecular formula is C23H22N4OS. The van der Waals surface area contributed by atoms with E-state index in [1.54, 1.807) is 6.33 Å². The van der Waals surface area contributed by atoms with Gasteiger partial charge in [0, 0.05) is 5.69 Å². The van der Waals surface area contributed by atoms with Crippen LogP contribution in [0.25, 0.3) is 16.5 Å². The summed E-state index contributed by atoms with van der Waals surface area (Å²) in [6, 6.07) is 20.3. The second-order valence-electron chi connectivity index (χ2n) is 7.08. The van der Waals surface area contributed by atoms with Crippen LogP contribution in [0.5, 0.6) is 0 Å². The minimum atomic E-state index is -0.324. The third-order valence-electron chi connectivity index (χ3n) is 4.80. The number of anilines is 1. The van der Waals surface area contributed by atoms with Crippen LogP contribution in [0, 0.1) is 13.8 Å². The molecule has 1 N–H and O–H groups in total. The molecule has 0 saturated heterocycles. The molecule has 0 fully saturated rings. The van der Waals surface area contributed by atoms with Gasteiger partial charge in [-0.05, 0) is 55.3 Å². The van der Waals surface area contributed by atoms with E-state index in [4.69, 9.17) is 0 Å². The van der Waals surface area contributed by atoms with E-state index in [0.29, 0.717) is 5.16 Å². The lowest BCUT2D eigenvalue weighted by atomic mass is 10.1. The molecule has 0 saturated carbocycles. The van der Waals surface area contributed by atoms with E-state index < -0.39 is 0 Å². The molecular weight excluding hydrogens is 380 g/mol. The number of thioether (sulfide) groups is 1. The van der Waals surface area contributed by atoms with Crippen molar-refractivity contribution in [2.75, 3.05) is 5.32 Å². The lowest BCUT2D eigenvalue weighted by Crippen LogP contribution is -2.22. The molecule has 6 heteroatoms.